The van der Waals surface area contributed by atoms with E-state index in [9.17, 15) is 13.2 Å². The van der Waals surface area contributed by atoms with Crippen LogP contribution in [0.15, 0.2) is 36.5 Å². The Kier molecular flexibility index (Phi) is 3.33. The van der Waals surface area contributed by atoms with Crippen molar-refractivity contribution >= 4 is 5.69 Å². The van der Waals surface area contributed by atoms with Gasteiger partial charge in [0.1, 0.15) is 5.75 Å². The largest absolute Gasteiger partial charge is 0.573 e. The number of ether oxygens (including phenoxy) is 1. The van der Waals surface area contributed by atoms with Gasteiger partial charge in [0.05, 0.1) is 0 Å². The van der Waals surface area contributed by atoms with Crippen LogP contribution in [0.3, 0.4) is 0 Å². The summed E-state index contributed by atoms with van der Waals surface area (Å²) in [7, 11) is 0. The molecule has 0 atom stereocenters. The quantitative estimate of drug-likeness (QED) is 0.847. The molecule has 0 spiro atoms. The number of hydrogen-bond acceptors (Lipinski definition) is 3. The van der Waals surface area contributed by atoms with Crippen LogP contribution >= 0.6 is 0 Å². The Morgan fingerprint density at radius 3 is 2.42 bits per heavy atom. The van der Waals surface area contributed by atoms with Crippen molar-refractivity contribution in [3.63, 3.8) is 0 Å². The predicted molar refractivity (Wildman–Crippen MR) is 65.5 cm³/mol. The molecular weight excluding hydrogens is 257 g/mol. The lowest BCUT2D eigenvalue weighted by atomic mass is 10.1. The summed E-state index contributed by atoms with van der Waals surface area (Å²) in [5.74, 6) is -0.339. The van der Waals surface area contributed by atoms with E-state index >= 15 is 0 Å². The third-order valence-corrected chi connectivity index (χ3v) is 2.48. The maximum Gasteiger partial charge on any atom is 0.573 e. The smallest absolute Gasteiger partial charge is 0.406 e. The first-order valence-corrected chi connectivity index (χ1v) is 5.43. The summed E-state index contributed by atoms with van der Waals surface area (Å²) in [4.78, 5) is 4.11. The third-order valence-electron chi connectivity index (χ3n) is 2.48. The molecule has 1 aromatic carbocycles. The number of anilines is 1. The molecule has 0 aliphatic heterocycles. The van der Waals surface area contributed by atoms with Crippen molar-refractivity contribution in [3.05, 3.63) is 42.2 Å². The van der Waals surface area contributed by atoms with E-state index in [1.54, 1.807) is 18.3 Å². The number of hydrogen-bond donors (Lipinski definition) is 1. The Bertz CT molecular complexity index is 579. The fourth-order valence-electron chi connectivity index (χ4n) is 1.63. The van der Waals surface area contributed by atoms with E-state index in [2.05, 4.69) is 9.72 Å². The number of halogens is 3. The van der Waals surface area contributed by atoms with Gasteiger partial charge in [-0.05, 0) is 25.1 Å². The van der Waals surface area contributed by atoms with Gasteiger partial charge in [-0.1, -0.05) is 6.07 Å². The van der Waals surface area contributed by atoms with Gasteiger partial charge in [-0.25, -0.2) is 0 Å². The molecule has 0 aliphatic carbocycles. The van der Waals surface area contributed by atoms with Gasteiger partial charge in [0.25, 0.3) is 0 Å². The molecule has 100 valence electrons. The van der Waals surface area contributed by atoms with Gasteiger partial charge >= 0.3 is 6.36 Å². The summed E-state index contributed by atoms with van der Waals surface area (Å²) in [5, 5.41) is 0. The zero-order valence-corrected chi connectivity index (χ0v) is 10.0. The van der Waals surface area contributed by atoms with Crippen molar-refractivity contribution in [2.24, 2.45) is 0 Å². The molecule has 0 saturated carbocycles. The van der Waals surface area contributed by atoms with Gasteiger partial charge in [-0.3, -0.25) is 4.98 Å². The number of nitrogen functional groups attached to an aromatic ring is 1. The van der Waals surface area contributed by atoms with Crippen LogP contribution in [0.4, 0.5) is 18.9 Å². The van der Waals surface area contributed by atoms with Crippen molar-refractivity contribution in [3.8, 4) is 16.9 Å². The molecule has 2 N–H and O–H groups in total. The molecule has 6 heteroatoms. The maximum absolute atomic E-state index is 12.1. The number of nitrogens with zero attached hydrogens (tertiary/aromatic N) is 1. The number of pyridine rings is 1. The topological polar surface area (TPSA) is 48.1 Å². The SMILES string of the molecule is Cc1ccc(-c2ccc(OC(F)(F)F)cc2N)cn1. The first-order chi connectivity index (χ1) is 8.85. The molecule has 2 rings (SSSR count). The Hall–Kier alpha value is -2.24. The third kappa shape index (κ3) is 3.37. The molecule has 19 heavy (non-hydrogen) atoms. The standard InChI is InChI=1S/C13H11F3N2O/c1-8-2-3-9(7-18-8)11-5-4-10(6-12(11)17)19-13(14,15)16/h2-7H,17H2,1H3. The van der Waals surface area contributed by atoms with E-state index in [4.69, 9.17) is 5.73 Å². The fraction of sp³-hybridized carbons (Fsp3) is 0.154. The lowest BCUT2D eigenvalue weighted by Gasteiger charge is -2.11. The van der Waals surface area contributed by atoms with Gasteiger partial charge in [0, 0.05) is 34.8 Å². The molecule has 0 radical (unpaired) electrons. The van der Waals surface area contributed by atoms with Gasteiger partial charge in [-0.15, -0.1) is 13.2 Å². The highest BCUT2D eigenvalue weighted by Gasteiger charge is 2.31. The number of aromatic nitrogens is 1. The van der Waals surface area contributed by atoms with Crippen LogP contribution in [0.25, 0.3) is 11.1 Å². The Morgan fingerprint density at radius 2 is 1.89 bits per heavy atom. The summed E-state index contributed by atoms with van der Waals surface area (Å²) >= 11 is 0. The molecule has 0 bridgehead atoms. The van der Waals surface area contributed by atoms with Crippen LogP contribution in [0.5, 0.6) is 5.75 Å². The summed E-state index contributed by atoms with van der Waals surface area (Å²) in [6.45, 7) is 1.84. The normalized spacial score (nSPS) is 11.4. The molecule has 3 nitrogen and oxygen atoms in total. The molecule has 0 saturated heterocycles. The summed E-state index contributed by atoms with van der Waals surface area (Å²) in [6, 6.07) is 7.44. The zero-order chi connectivity index (χ0) is 14.0. The van der Waals surface area contributed by atoms with Crippen LogP contribution < -0.4 is 10.5 Å². The summed E-state index contributed by atoms with van der Waals surface area (Å²) in [5.41, 5.74) is 8.13. The molecule has 2 aromatic rings. The Morgan fingerprint density at radius 1 is 1.16 bits per heavy atom. The van der Waals surface area contributed by atoms with E-state index in [1.165, 1.54) is 12.1 Å². The van der Waals surface area contributed by atoms with Crippen LogP contribution in [0.2, 0.25) is 0 Å². The van der Waals surface area contributed by atoms with Crippen molar-refractivity contribution in [1.29, 1.82) is 0 Å². The number of nitrogens with two attached hydrogens (primary N) is 1. The van der Waals surface area contributed by atoms with Crippen molar-refractivity contribution < 1.29 is 17.9 Å². The van der Waals surface area contributed by atoms with Crippen LogP contribution in [-0.2, 0) is 0 Å². The summed E-state index contributed by atoms with van der Waals surface area (Å²) in [6.07, 6.45) is -3.11. The number of alkyl halides is 3. The summed E-state index contributed by atoms with van der Waals surface area (Å²) < 4.78 is 40.0. The van der Waals surface area contributed by atoms with Crippen molar-refractivity contribution in [2.75, 3.05) is 5.73 Å². The average molecular weight is 268 g/mol. The second kappa shape index (κ2) is 4.79. The number of aryl methyl sites for hydroxylation is 1. The van der Waals surface area contributed by atoms with E-state index in [1.807, 2.05) is 6.92 Å². The van der Waals surface area contributed by atoms with Crippen molar-refractivity contribution in [1.82, 2.24) is 4.98 Å². The highest BCUT2D eigenvalue weighted by molar-refractivity contribution is 5.76. The minimum absolute atomic E-state index is 0.201. The number of benzene rings is 1. The highest BCUT2D eigenvalue weighted by Crippen LogP contribution is 2.31. The van der Waals surface area contributed by atoms with Gasteiger partial charge in [-0.2, -0.15) is 0 Å². The molecule has 0 amide bonds. The van der Waals surface area contributed by atoms with E-state index in [0.29, 0.717) is 5.56 Å². The lowest BCUT2D eigenvalue weighted by Crippen LogP contribution is -2.17. The minimum atomic E-state index is -4.72. The molecular formula is C13H11F3N2O. The Labute approximate surface area is 107 Å². The van der Waals surface area contributed by atoms with Gasteiger partial charge in [0.2, 0.25) is 0 Å². The molecule has 1 heterocycles. The molecule has 0 unspecified atom stereocenters. The van der Waals surface area contributed by atoms with Crippen molar-refractivity contribution in [2.45, 2.75) is 13.3 Å². The number of rotatable bonds is 2. The minimum Gasteiger partial charge on any atom is -0.406 e. The molecule has 0 fully saturated rings. The highest BCUT2D eigenvalue weighted by atomic mass is 19.4. The average Bonchev–Trinajstić information content (AvgIpc) is 2.29. The molecule has 0 aliphatic rings. The maximum atomic E-state index is 12.1. The first-order valence-electron chi connectivity index (χ1n) is 5.43. The fourth-order valence-corrected chi connectivity index (χ4v) is 1.63. The second-order valence-corrected chi connectivity index (χ2v) is 3.99. The zero-order valence-electron chi connectivity index (χ0n) is 10.0. The van der Waals surface area contributed by atoms with E-state index in [-0.39, 0.29) is 11.4 Å². The molecule has 1 aromatic heterocycles. The lowest BCUT2D eigenvalue weighted by molar-refractivity contribution is -0.274. The monoisotopic (exact) mass is 268 g/mol. The van der Waals surface area contributed by atoms with Crippen LogP contribution in [-0.4, -0.2) is 11.3 Å². The second-order valence-electron chi connectivity index (χ2n) is 3.99. The van der Waals surface area contributed by atoms with Gasteiger partial charge < -0.3 is 10.5 Å². The van der Waals surface area contributed by atoms with Gasteiger partial charge in [0.15, 0.2) is 0 Å². The van der Waals surface area contributed by atoms with E-state index < -0.39 is 6.36 Å². The van der Waals surface area contributed by atoms with E-state index in [0.717, 1.165) is 17.3 Å². The predicted octanol–water partition coefficient (Wildman–Crippen LogP) is 3.54. The van der Waals surface area contributed by atoms with Crippen LogP contribution in [0, 0.1) is 6.92 Å². The first kappa shape index (κ1) is 13.2. The van der Waals surface area contributed by atoms with Crippen LogP contribution in [0.1, 0.15) is 5.69 Å². The Balaban J connectivity index is 2.31.